The molecule has 1 N–H and O–H groups in total. The Morgan fingerprint density at radius 1 is 1.14 bits per heavy atom. The molecule has 0 spiro atoms. The molecule has 1 aromatic heterocycles. The van der Waals surface area contributed by atoms with E-state index in [1.54, 1.807) is 12.1 Å². The monoisotopic (exact) mass is 278 g/mol. The average molecular weight is 278 g/mol. The summed E-state index contributed by atoms with van der Waals surface area (Å²) in [4.78, 5) is 15.8. The Kier molecular flexibility index (Phi) is 2.57. The highest BCUT2D eigenvalue weighted by Gasteiger charge is 2.30. The number of hydrogen-bond acceptors (Lipinski definition) is 2. The molecule has 1 aliphatic rings. The molecule has 0 atom stereocenters. The highest BCUT2D eigenvalue weighted by molar-refractivity contribution is 5.93. The molecule has 0 aliphatic heterocycles. The molecule has 4 nitrogen and oxygen atoms in total. The molecule has 1 heterocycles. The first-order chi connectivity index (χ1) is 10.2. The van der Waals surface area contributed by atoms with Gasteiger partial charge < -0.3 is 5.11 Å². The van der Waals surface area contributed by atoms with Crippen LogP contribution in [0.1, 0.15) is 34.9 Å². The van der Waals surface area contributed by atoms with Crippen molar-refractivity contribution in [3.05, 3.63) is 59.9 Å². The van der Waals surface area contributed by atoms with Crippen molar-refractivity contribution >= 4 is 17.0 Å². The molecule has 4 rings (SSSR count). The molecule has 1 saturated carbocycles. The van der Waals surface area contributed by atoms with Gasteiger partial charge in [-0.3, -0.25) is 4.57 Å². The maximum Gasteiger partial charge on any atom is 0.335 e. The molecule has 0 amide bonds. The Morgan fingerprint density at radius 3 is 2.57 bits per heavy atom. The molecule has 4 heteroatoms. The first-order valence-electron chi connectivity index (χ1n) is 7.05. The molecule has 3 aromatic rings. The van der Waals surface area contributed by atoms with Crippen LogP contribution in [0.2, 0.25) is 0 Å². The zero-order valence-corrected chi connectivity index (χ0v) is 11.4. The number of imidazole rings is 1. The molecule has 0 bridgehead atoms. The first kappa shape index (κ1) is 12.1. The number of rotatable bonds is 3. The first-order valence-corrected chi connectivity index (χ1v) is 7.05. The number of nitrogens with zero attached hydrogens (tertiary/aromatic N) is 2. The van der Waals surface area contributed by atoms with Crippen molar-refractivity contribution in [1.29, 1.82) is 0 Å². The predicted octanol–water partition coefficient (Wildman–Crippen LogP) is 3.60. The Bertz CT molecular complexity index is 833. The zero-order valence-electron chi connectivity index (χ0n) is 11.4. The number of para-hydroxylation sites is 1. The van der Waals surface area contributed by atoms with Gasteiger partial charge in [-0.15, -0.1) is 0 Å². The van der Waals surface area contributed by atoms with Crippen molar-refractivity contribution in [2.24, 2.45) is 0 Å². The molecule has 21 heavy (non-hydrogen) atoms. The van der Waals surface area contributed by atoms with Gasteiger partial charge in [-0.25, -0.2) is 9.78 Å². The normalized spacial score (nSPS) is 14.5. The molecule has 104 valence electrons. The lowest BCUT2D eigenvalue weighted by Gasteiger charge is -2.08. The van der Waals surface area contributed by atoms with Crippen molar-refractivity contribution < 1.29 is 9.90 Å². The minimum absolute atomic E-state index is 0.280. The van der Waals surface area contributed by atoms with Crippen LogP contribution in [0.25, 0.3) is 16.7 Å². The van der Waals surface area contributed by atoms with E-state index in [9.17, 15) is 4.79 Å². The van der Waals surface area contributed by atoms with Crippen LogP contribution in [0.3, 0.4) is 0 Å². The maximum absolute atomic E-state index is 11.1. The third-order valence-corrected chi connectivity index (χ3v) is 3.88. The van der Waals surface area contributed by atoms with E-state index in [2.05, 4.69) is 16.7 Å². The molecular weight excluding hydrogens is 264 g/mol. The van der Waals surface area contributed by atoms with E-state index in [0.717, 1.165) is 35.4 Å². The Labute approximate surface area is 121 Å². The number of carboxylic acids is 1. The third kappa shape index (κ3) is 2.00. The van der Waals surface area contributed by atoms with E-state index in [-0.39, 0.29) is 5.56 Å². The van der Waals surface area contributed by atoms with E-state index in [4.69, 9.17) is 10.1 Å². The van der Waals surface area contributed by atoms with E-state index in [1.807, 2.05) is 24.3 Å². The largest absolute Gasteiger partial charge is 0.478 e. The van der Waals surface area contributed by atoms with Gasteiger partial charge in [0.05, 0.1) is 16.6 Å². The van der Waals surface area contributed by atoms with Crippen molar-refractivity contribution in [2.75, 3.05) is 0 Å². The summed E-state index contributed by atoms with van der Waals surface area (Å²) in [5, 5.41) is 9.12. The number of aromatic carboxylic acids is 1. The Balaban J connectivity index is 1.99. The maximum atomic E-state index is 11.1. The summed E-state index contributed by atoms with van der Waals surface area (Å²) in [6, 6.07) is 15.3. The number of carboxylic acid groups (broad SMARTS) is 1. The van der Waals surface area contributed by atoms with Gasteiger partial charge >= 0.3 is 5.97 Å². The number of benzene rings is 2. The van der Waals surface area contributed by atoms with Crippen LogP contribution >= 0.6 is 0 Å². The topological polar surface area (TPSA) is 55.1 Å². The quantitative estimate of drug-likeness (QED) is 0.796. The summed E-state index contributed by atoms with van der Waals surface area (Å²) >= 11 is 0. The smallest absolute Gasteiger partial charge is 0.335 e. The van der Waals surface area contributed by atoms with Gasteiger partial charge in [0.25, 0.3) is 0 Å². The average Bonchev–Trinajstić information content (AvgIpc) is 3.28. The molecule has 0 radical (unpaired) electrons. The SMILES string of the molecule is O=C(O)c1ccc2c(c1)nc(C1CC1)n2-c1ccccc1. The van der Waals surface area contributed by atoms with Gasteiger partial charge in [0.1, 0.15) is 5.82 Å². The summed E-state index contributed by atoms with van der Waals surface area (Å²) in [6.07, 6.45) is 2.31. The second-order valence-electron chi connectivity index (χ2n) is 5.42. The van der Waals surface area contributed by atoms with Crippen LogP contribution in [0.4, 0.5) is 0 Å². The standard InChI is InChI=1S/C17H14N2O2/c20-17(21)12-8-9-15-14(10-12)18-16(11-6-7-11)19(15)13-4-2-1-3-5-13/h1-5,8-11H,6-7H2,(H,20,21). The summed E-state index contributed by atoms with van der Waals surface area (Å²) in [5.41, 5.74) is 3.07. The fraction of sp³-hybridized carbons (Fsp3) is 0.176. The molecular formula is C17H14N2O2. The zero-order chi connectivity index (χ0) is 14.4. The third-order valence-electron chi connectivity index (χ3n) is 3.88. The van der Waals surface area contributed by atoms with Crippen molar-refractivity contribution in [3.8, 4) is 5.69 Å². The Hall–Kier alpha value is -2.62. The molecule has 1 fully saturated rings. The lowest BCUT2D eigenvalue weighted by Crippen LogP contribution is -1.99. The predicted molar refractivity (Wildman–Crippen MR) is 80.0 cm³/mol. The van der Waals surface area contributed by atoms with Crippen LogP contribution in [0.5, 0.6) is 0 Å². The van der Waals surface area contributed by atoms with Crippen LogP contribution in [0, 0.1) is 0 Å². The van der Waals surface area contributed by atoms with Gasteiger partial charge in [0, 0.05) is 11.6 Å². The highest BCUT2D eigenvalue weighted by atomic mass is 16.4. The second kappa shape index (κ2) is 4.45. The Morgan fingerprint density at radius 2 is 1.90 bits per heavy atom. The number of aromatic nitrogens is 2. The minimum Gasteiger partial charge on any atom is -0.478 e. The van der Waals surface area contributed by atoms with E-state index < -0.39 is 5.97 Å². The highest BCUT2D eigenvalue weighted by Crippen LogP contribution is 2.41. The summed E-state index contributed by atoms with van der Waals surface area (Å²) in [7, 11) is 0. The minimum atomic E-state index is -0.917. The fourth-order valence-corrected chi connectivity index (χ4v) is 2.70. The van der Waals surface area contributed by atoms with Crippen molar-refractivity contribution in [1.82, 2.24) is 9.55 Å². The molecule has 1 aliphatic carbocycles. The van der Waals surface area contributed by atoms with E-state index in [0.29, 0.717) is 5.92 Å². The lowest BCUT2D eigenvalue weighted by atomic mass is 10.2. The summed E-state index contributed by atoms with van der Waals surface area (Å²) in [5.74, 6) is 0.615. The molecule has 2 aromatic carbocycles. The van der Waals surface area contributed by atoms with Gasteiger partial charge in [-0.05, 0) is 43.2 Å². The van der Waals surface area contributed by atoms with Gasteiger partial charge in [-0.2, -0.15) is 0 Å². The van der Waals surface area contributed by atoms with Crippen molar-refractivity contribution in [2.45, 2.75) is 18.8 Å². The van der Waals surface area contributed by atoms with Crippen LogP contribution in [0.15, 0.2) is 48.5 Å². The number of carbonyl (C=O) groups is 1. The van der Waals surface area contributed by atoms with E-state index >= 15 is 0 Å². The lowest BCUT2D eigenvalue weighted by molar-refractivity contribution is 0.0697. The summed E-state index contributed by atoms with van der Waals surface area (Å²) in [6.45, 7) is 0. The fourth-order valence-electron chi connectivity index (χ4n) is 2.70. The van der Waals surface area contributed by atoms with E-state index in [1.165, 1.54) is 0 Å². The number of fused-ring (bicyclic) bond motifs is 1. The van der Waals surface area contributed by atoms with Crippen LogP contribution in [-0.2, 0) is 0 Å². The molecule has 0 saturated heterocycles. The summed E-state index contributed by atoms with van der Waals surface area (Å²) < 4.78 is 2.15. The van der Waals surface area contributed by atoms with Gasteiger partial charge in [-0.1, -0.05) is 18.2 Å². The van der Waals surface area contributed by atoms with Crippen LogP contribution < -0.4 is 0 Å². The van der Waals surface area contributed by atoms with Crippen molar-refractivity contribution in [3.63, 3.8) is 0 Å². The van der Waals surface area contributed by atoms with Crippen LogP contribution in [-0.4, -0.2) is 20.6 Å². The second-order valence-corrected chi connectivity index (χ2v) is 5.42. The molecule has 0 unspecified atom stereocenters. The number of hydrogen-bond donors (Lipinski definition) is 1. The van der Waals surface area contributed by atoms with Gasteiger partial charge in [0.15, 0.2) is 0 Å². The van der Waals surface area contributed by atoms with Gasteiger partial charge in [0.2, 0.25) is 0 Å².